The van der Waals surface area contributed by atoms with Crippen molar-refractivity contribution in [2.45, 2.75) is 12.6 Å². The van der Waals surface area contributed by atoms with Gasteiger partial charge in [-0.25, -0.2) is 9.18 Å². The van der Waals surface area contributed by atoms with Crippen molar-refractivity contribution in [1.82, 2.24) is 15.1 Å². The van der Waals surface area contributed by atoms with Gasteiger partial charge in [-0.1, -0.05) is 0 Å². The summed E-state index contributed by atoms with van der Waals surface area (Å²) in [5.41, 5.74) is 0. The van der Waals surface area contributed by atoms with Gasteiger partial charge < -0.3 is 15.1 Å². The molecular weight excluding hydrogens is 185 g/mol. The topological polar surface area (TPSA) is 35.6 Å². The Bertz CT molecular complexity index is 211. The first kappa shape index (κ1) is 9.71. The molecule has 2 heterocycles. The quantitative estimate of drug-likeness (QED) is 0.601. The van der Waals surface area contributed by atoms with Gasteiger partial charge in [-0.2, -0.15) is 0 Å². The molecule has 2 aliphatic rings. The molecule has 0 saturated carbocycles. The lowest BCUT2D eigenvalue weighted by molar-refractivity contribution is 0.153. The van der Waals surface area contributed by atoms with Gasteiger partial charge in [-0.3, -0.25) is 0 Å². The molecule has 2 rings (SSSR count). The molecule has 80 valence electrons. The normalized spacial score (nSPS) is 28.2. The predicted molar refractivity (Wildman–Crippen MR) is 50.9 cm³/mol. The Kier molecular flexibility index (Phi) is 2.86. The predicted octanol–water partition coefficient (Wildman–Crippen LogP) is 0.0554. The van der Waals surface area contributed by atoms with Gasteiger partial charge in [0, 0.05) is 32.7 Å². The van der Waals surface area contributed by atoms with Gasteiger partial charge in [0.2, 0.25) is 0 Å². The van der Waals surface area contributed by atoms with E-state index >= 15 is 0 Å². The van der Waals surface area contributed by atoms with Crippen molar-refractivity contribution >= 4 is 6.03 Å². The van der Waals surface area contributed by atoms with E-state index in [1.54, 1.807) is 9.80 Å². The summed E-state index contributed by atoms with van der Waals surface area (Å²) < 4.78 is 12.9. The Labute approximate surface area is 83.0 Å². The summed E-state index contributed by atoms with van der Waals surface area (Å²) in [5, 5.41) is 3.18. The lowest BCUT2D eigenvalue weighted by atomic mass is 10.3. The van der Waals surface area contributed by atoms with Crippen LogP contribution in [0.25, 0.3) is 0 Å². The van der Waals surface area contributed by atoms with Gasteiger partial charge in [0.05, 0.1) is 6.54 Å². The van der Waals surface area contributed by atoms with E-state index in [2.05, 4.69) is 5.32 Å². The summed E-state index contributed by atoms with van der Waals surface area (Å²) in [6.07, 6.45) is -0.320. The number of halogens is 1. The van der Waals surface area contributed by atoms with Crippen LogP contribution in [0.5, 0.6) is 0 Å². The Morgan fingerprint density at radius 3 is 2.50 bits per heavy atom. The number of carbonyl (C=O) groups is 1. The molecule has 1 atom stereocenters. The highest BCUT2D eigenvalue weighted by molar-refractivity contribution is 5.75. The first-order valence-corrected chi connectivity index (χ1v) is 5.16. The second kappa shape index (κ2) is 4.13. The molecule has 2 fully saturated rings. The Hall–Kier alpha value is -0.840. The maximum atomic E-state index is 12.9. The Morgan fingerprint density at radius 1 is 1.21 bits per heavy atom. The number of carbonyl (C=O) groups excluding carboxylic acids is 1. The zero-order valence-electron chi connectivity index (χ0n) is 8.21. The molecule has 14 heavy (non-hydrogen) atoms. The van der Waals surface area contributed by atoms with Gasteiger partial charge in [-0.05, 0) is 6.42 Å². The molecule has 0 aromatic rings. The fourth-order valence-electron chi connectivity index (χ4n) is 1.95. The first-order chi connectivity index (χ1) is 6.77. The van der Waals surface area contributed by atoms with E-state index in [4.69, 9.17) is 0 Å². The lowest BCUT2D eigenvalue weighted by Gasteiger charge is -2.31. The van der Waals surface area contributed by atoms with E-state index in [9.17, 15) is 9.18 Å². The third-order valence-corrected chi connectivity index (χ3v) is 2.79. The summed E-state index contributed by atoms with van der Waals surface area (Å²) in [6, 6.07) is 0.00616. The zero-order valence-corrected chi connectivity index (χ0v) is 8.21. The minimum Gasteiger partial charge on any atom is -0.322 e. The Balaban J connectivity index is 1.87. The minimum absolute atomic E-state index is 0.00616. The summed E-state index contributed by atoms with van der Waals surface area (Å²) in [6.45, 7) is 4.03. The van der Waals surface area contributed by atoms with E-state index in [1.165, 1.54) is 0 Å². The average molecular weight is 201 g/mol. The summed E-state index contributed by atoms with van der Waals surface area (Å²) in [7, 11) is 0. The van der Waals surface area contributed by atoms with E-state index in [0.29, 0.717) is 13.0 Å². The molecule has 0 aliphatic carbocycles. The number of hydrogen-bond acceptors (Lipinski definition) is 2. The van der Waals surface area contributed by atoms with Crippen molar-refractivity contribution in [1.29, 1.82) is 0 Å². The second-order valence-electron chi connectivity index (χ2n) is 3.85. The fraction of sp³-hybridized carbons (Fsp3) is 0.889. The van der Waals surface area contributed by atoms with Crippen molar-refractivity contribution in [2.24, 2.45) is 0 Å². The van der Waals surface area contributed by atoms with E-state index in [1.807, 2.05) is 0 Å². The third kappa shape index (κ3) is 1.97. The largest absolute Gasteiger partial charge is 0.322 e. The number of amides is 2. The molecule has 0 spiro atoms. The van der Waals surface area contributed by atoms with E-state index in [-0.39, 0.29) is 12.6 Å². The molecule has 4 nitrogen and oxygen atoms in total. The van der Waals surface area contributed by atoms with Gasteiger partial charge in [0.1, 0.15) is 6.17 Å². The number of alkyl halides is 1. The molecule has 0 aromatic heterocycles. The fourth-order valence-corrected chi connectivity index (χ4v) is 1.95. The number of rotatable bonds is 0. The number of likely N-dealkylation sites (tertiary alicyclic amines) is 1. The van der Waals surface area contributed by atoms with Crippen LogP contribution in [0.2, 0.25) is 0 Å². The van der Waals surface area contributed by atoms with Crippen LogP contribution in [0.1, 0.15) is 6.42 Å². The van der Waals surface area contributed by atoms with Crippen LogP contribution >= 0.6 is 0 Å². The number of nitrogens with zero attached hydrogens (tertiary/aromatic N) is 2. The molecule has 2 amide bonds. The van der Waals surface area contributed by atoms with Gasteiger partial charge in [0.15, 0.2) is 0 Å². The first-order valence-electron chi connectivity index (χ1n) is 5.16. The maximum absolute atomic E-state index is 12.9. The van der Waals surface area contributed by atoms with Crippen LogP contribution in [0.4, 0.5) is 9.18 Å². The van der Waals surface area contributed by atoms with Gasteiger partial charge >= 0.3 is 6.03 Å². The van der Waals surface area contributed by atoms with Crippen LogP contribution in [-0.2, 0) is 0 Å². The van der Waals surface area contributed by atoms with Crippen LogP contribution in [-0.4, -0.2) is 61.3 Å². The molecule has 0 unspecified atom stereocenters. The van der Waals surface area contributed by atoms with Crippen LogP contribution < -0.4 is 5.32 Å². The Morgan fingerprint density at radius 2 is 1.93 bits per heavy atom. The highest BCUT2D eigenvalue weighted by atomic mass is 19.1. The monoisotopic (exact) mass is 201 g/mol. The number of hydrogen-bond donors (Lipinski definition) is 1. The van der Waals surface area contributed by atoms with Crippen molar-refractivity contribution in [3.8, 4) is 0 Å². The zero-order chi connectivity index (χ0) is 9.97. The SMILES string of the molecule is O=C(N1CCNCC1)N1CC[C@H](F)C1. The molecule has 0 aromatic carbocycles. The van der Waals surface area contributed by atoms with Gasteiger partial charge in [-0.15, -0.1) is 0 Å². The lowest BCUT2D eigenvalue weighted by Crippen LogP contribution is -2.51. The molecule has 2 aliphatic heterocycles. The van der Waals surface area contributed by atoms with Crippen molar-refractivity contribution in [2.75, 3.05) is 39.3 Å². The molecule has 0 bridgehead atoms. The molecule has 1 N–H and O–H groups in total. The van der Waals surface area contributed by atoms with E-state index < -0.39 is 6.17 Å². The van der Waals surface area contributed by atoms with Crippen molar-refractivity contribution < 1.29 is 9.18 Å². The highest BCUT2D eigenvalue weighted by Crippen LogP contribution is 2.14. The molecule has 2 saturated heterocycles. The smallest absolute Gasteiger partial charge is 0.320 e. The van der Waals surface area contributed by atoms with Gasteiger partial charge in [0.25, 0.3) is 0 Å². The molecule has 0 radical (unpaired) electrons. The van der Waals surface area contributed by atoms with Crippen LogP contribution in [0.3, 0.4) is 0 Å². The van der Waals surface area contributed by atoms with Crippen molar-refractivity contribution in [3.63, 3.8) is 0 Å². The highest BCUT2D eigenvalue weighted by Gasteiger charge is 2.29. The second-order valence-corrected chi connectivity index (χ2v) is 3.85. The molecular formula is C9H16FN3O. The van der Waals surface area contributed by atoms with Crippen LogP contribution in [0.15, 0.2) is 0 Å². The summed E-state index contributed by atoms with van der Waals surface area (Å²) >= 11 is 0. The minimum atomic E-state index is -0.818. The van der Waals surface area contributed by atoms with E-state index in [0.717, 1.165) is 26.2 Å². The summed E-state index contributed by atoms with van der Waals surface area (Å²) in [4.78, 5) is 15.2. The molecule has 5 heteroatoms. The summed E-state index contributed by atoms with van der Waals surface area (Å²) in [5.74, 6) is 0. The standard InChI is InChI=1S/C9H16FN3O/c10-8-1-4-13(7-8)9(14)12-5-2-11-3-6-12/h8,11H,1-7H2/t8-/m0/s1. The van der Waals surface area contributed by atoms with Crippen LogP contribution in [0, 0.1) is 0 Å². The van der Waals surface area contributed by atoms with Crippen molar-refractivity contribution in [3.05, 3.63) is 0 Å². The number of piperazine rings is 1. The number of nitrogens with one attached hydrogen (secondary N) is 1. The number of urea groups is 1. The maximum Gasteiger partial charge on any atom is 0.320 e. The third-order valence-electron chi connectivity index (χ3n) is 2.79. The average Bonchev–Trinajstić information content (AvgIpc) is 2.65.